The van der Waals surface area contributed by atoms with E-state index < -0.39 is 18.4 Å². The number of allylic oxidation sites excluding steroid dienone is 1. The summed E-state index contributed by atoms with van der Waals surface area (Å²) >= 11 is 0. The van der Waals surface area contributed by atoms with E-state index in [0.717, 1.165) is 6.08 Å². The molecular weight excluding hydrogens is 200 g/mol. The number of Topliss-reactive ketones (excluding diaryl/α,β-unsaturated/α-hetero) is 1. The summed E-state index contributed by atoms with van der Waals surface area (Å²) in [6.45, 7) is 0. The van der Waals surface area contributed by atoms with Gasteiger partial charge in [-0.3, -0.25) is 4.79 Å². The Balaban J connectivity index is 2.21. The van der Waals surface area contributed by atoms with Crippen LogP contribution in [0.4, 0.5) is 0 Å². The van der Waals surface area contributed by atoms with Crippen LogP contribution in [0.2, 0.25) is 0 Å². The molecule has 0 spiro atoms. The second-order valence-corrected chi connectivity index (χ2v) is 3.46. The smallest absolute Gasteiger partial charge is 0.333 e. The van der Waals surface area contributed by atoms with Crippen LogP contribution in [0, 0.1) is 0 Å². The van der Waals surface area contributed by atoms with Crippen LogP contribution in [0.5, 0.6) is 0 Å². The Morgan fingerprint density at radius 3 is 2.67 bits per heavy atom. The van der Waals surface area contributed by atoms with Gasteiger partial charge in [0.25, 0.3) is 0 Å². The second kappa shape index (κ2) is 3.60. The fraction of sp³-hybridized carbons (Fsp3) is 0.400. The van der Waals surface area contributed by atoms with Gasteiger partial charge in [-0.2, -0.15) is 0 Å². The molecule has 2 unspecified atom stereocenters. The van der Waals surface area contributed by atoms with Crippen LogP contribution in [0.15, 0.2) is 23.3 Å². The Hall–Kier alpha value is -1.46. The van der Waals surface area contributed by atoms with Crippen LogP contribution in [-0.2, 0) is 14.3 Å². The Bertz CT molecular complexity index is 379. The molecule has 2 aliphatic rings. The van der Waals surface area contributed by atoms with Gasteiger partial charge < -0.3 is 14.9 Å². The van der Waals surface area contributed by atoms with Crippen molar-refractivity contribution in [2.24, 2.45) is 0 Å². The van der Waals surface area contributed by atoms with Gasteiger partial charge in [-0.15, -0.1) is 0 Å². The molecule has 0 aromatic carbocycles. The van der Waals surface area contributed by atoms with Gasteiger partial charge in [0.2, 0.25) is 6.29 Å². The van der Waals surface area contributed by atoms with Gasteiger partial charge in [0, 0.05) is 23.6 Å². The molecule has 5 nitrogen and oxygen atoms in total. The molecule has 15 heavy (non-hydrogen) atoms. The third-order valence-corrected chi connectivity index (χ3v) is 2.47. The molecule has 0 fully saturated rings. The highest BCUT2D eigenvalue weighted by atomic mass is 16.6. The molecule has 80 valence electrons. The van der Waals surface area contributed by atoms with Crippen molar-refractivity contribution in [2.75, 3.05) is 0 Å². The number of hydrogen-bond acceptors (Lipinski definition) is 5. The lowest BCUT2D eigenvalue weighted by atomic mass is 10.0. The van der Waals surface area contributed by atoms with E-state index in [1.54, 1.807) is 6.08 Å². The van der Waals surface area contributed by atoms with Crippen molar-refractivity contribution in [3.63, 3.8) is 0 Å². The van der Waals surface area contributed by atoms with Gasteiger partial charge in [0.1, 0.15) is 6.10 Å². The van der Waals surface area contributed by atoms with Crippen molar-refractivity contribution in [3.8, 4) is 0 Å². The van der Waals surface area contributed by atoms with E-state index in [2.05, 4.69) is 4.74 Å². The molecule has 0 saturated heterocycles. The van der Waals surface area contributed by atoms with Crippen molar-refractivity contribution < 1.29 is 24.5 Å². The number of ketones is 1. The molecule has 0 radical (unpaired) electrons. The number of carbonyl (C=O) groups is 2. The molecule has 2 atom stereocenters. The van der Waals surface area contributed by atoms with Crippen LogP contribution in [0.1, 0.15) is 12.8 Å². The van der Waals surface area contributed by atoms with E-state index in [-0.39, 0.29) is 16.9 Å². The molecule has 5 heteroatoms. The first-order valence-corrected chi connectivity index (χ1v) is 4.61. The zero-order valence-corrected chi connectivity index (χ0v) is 7.84. The largest absolute Gasteiger partial charge is 0.429 e. The topological polar surface area (TPSA) is 83.8 Å². The van der Waals surface area contributed by atoms with E-state index >= 15 is 0 Å². The first-order chi connectivity index (χ1) is 7.09. The molecule has 1 aliphatic carbocycles. The second-order valence-electron chi connectivity index (χ2n) is 3.46. The summed E-state index contributed by atoms with van der Waals surface area (Å²) in [5, 5.41) is 19.0. The van der Waals surface area contributed by atoms with Crippen LogP contribution in [0.3, 0.4) is 0 Å². The van der Waals surface area contributed by atoms with E-state index in [1.165, 1.54) is 0 Å². The fourth-order valence-corrected chi connectivity index (χ4v) is 1.69. The van der Waals surface area contributed by atoms with Crippen molar-refractivity contribution in [3.05, 3.63) is 23.3 Å². The van der Waals surface area contributed by atoms with Crippen LogP contribution >= 0.6 is 0 Å². The maximum absolute atomic E-state index is 11.3. The van der Waals surface area contributed by atoms with Gasteiger partial charge in [0.05, 0.1) is 0 Å². The molecule has 0 aromatic heterocycles. The average Bonchev–Trinajstić information content (AvgIpc) is 2.71. The first kappa shape index (κ1) is 10.1. The van der Waals surface area contributed by atoms with Crippen LogP contribution in [-0.4, -0.2) is 34.4 Å². The Morgan fingerprint density at radius 2 is 2.20 bits per heavy atom. The standard InChI is InChI=1S/C10H10O5/c11-7-3-1-2-5(7)9(13)6-4-8(12)15-10(6)14/h2,4,9-10,13-14H,1,3H2. The lowest BCUT2D eigenvalue weighted by Gasteiger charge is -2.14. The molecule has 0 amide bonds. The predicted molar refractivity (Wildman–Crippen MR) is 48.5 cm³/mol. The summed E-state index contributed by atoms with van der Waals surface area (Å²) in [6, 6.07) is 0. The van der Waals surface area contributed by atoms with Crippen molar-refractivity contribution in [1.29, 1.82) is 0 Å². The number of cyclic esters (lactones) is 1. The summed E-state index contributed by atoms with van der Waals surface area (Å²) in [7, 11) is 0. The third-order valence-electron chi connectivity index (χ3n) is 2.47. The van der Waals surface area contributed by atoms with Crippen molar-refractivity contribution in [2.45, 2.75) is 25.2 Å². The molecule has 1 heterocycles. The Kier molecular flexibility index (Phi) is 2.42. The quantitative estimate of drug-likeness (QED) is 0.597. The molecule has 0 bridgehead atoms. The fourth-order valence-electron chi connectivity index (χ4n) is 1.69. The average molecular weight is 210 g/mol. The van der Waals surface area contributed by atoms with Crippen molar-refractivity contribution in [1.82, 2.24) is 0 Å². The van der Waals surface area contributed by atoms with E-state index in [4.69, 9.17) is 0 Å². The number of esters is 1. The third kappa shape index (κ3) is 1.71. The summed E-state index contributed by atoms with van der Waals surface area (Å²) in [5.74, 6) is -0.863. The SMILES string of the molecule is O=C1C=C(C(O)C2=CCCC2=O)C(O)O1. The van der Waals surface area contributed by atoms with Gasteiger partial charge in [-0.1, -0.05) is 6.08 Å². The van der Waals surface area contributed by atoms with Crippen LogP contribution in [0.25, 0.3) is 0 Å². The summed E-state index contributed by atoms with van der Waals surface area (Å²) in [5.41, 5.74) is 0.264. The van der Waals surface area contributed by atoms with Gasteiger partial charge >= 0.3 is 5.97 Å². The normalized spacial score (nSPS) is 27.5. The van der Waals surface area contributed by atoms with E-state index in [1.807, 2.05) is 0 Å². The highest BCUT2D eigenvalue weighted by Gasteiger charge is 2.34. The predicted octanol–water partition coefficient (Wildman–Crippen LogP) is -0.562. The summed E-state index contributed by atoms with van der Waals surface area (Å²) in [4.78, 5) is 22.1. The minimum atomic E-state index is -1.44. The van der Waals surface area contributed by atoms with Gasteiger partial charge in [-0.25, -0.2) is 4.79 Å². The first-order valence-electron chi connectivity index (χ1n) is 4.61. The maximum atomic E-state index is 11.3. The summed E-state index contributed by atoms with van der Waals surface area (Å²) in [6.07, 6.45) is 0.905. The number of rotatable bonds is 2. The minimum absolute atomic E-state index is 0.0292. The lowest BCUT2D eigenvalue weighted by Crippen LogP contribution is -2.24. The monoisotopic (exact) mass is 210 g/mol. The molecule has 1 aliphatic heterocycles. The summed E-state index contributed by atoms with van der Waals surface area (Å²) < 4.78 is 4.42. The van der Waals surface area contributed by atoms with Gasteiger partial charge in [0.15, 0.2) is 5.78 Å². The number of aliphatic hydroxyl groups is 2. The zero-order chi connectivity index (χ0) is 11.0. The van der Waals surface area contributed by atoms with Crippen LogP contribution < -0.4 is 0 Å². The molecule has 2 rings (SSSR count). The van der Waals surface area contributed by atoms with E-state index in [0.29, 0.717) is 12.8 Å². The number of carbonyl (C=O) groups excluding carboxylic acids is 2. The van der Waals surface area contributed by atoms with E-state index in [9.17, 15) is 19.8 Å². The van der Waals surface area contributed by atoms with Crippen molar-refractivity contribution >= 4 is 11.8 Å². The highest BCUT2D eigenvalue weighted by Crippen LogP contribution is 2.26. The van der Waals surface area contributed by atoms with Gasteiger partial charge in [-0.05, 0) is 6.42 Å². The molecule has 0 aromatic rings. The Labute approximate surface area is 85.7 Å². The number of ether oxygens (including phenoxy) is 1. The molecular formula is C10H10O5. The zero-order valence-electron chi connectivity index (χ0n) is 7.84. The molecule has 0 saturated carbocycles. The highest BCUT2D eigenvalue weighted by molar-refractivity contribution is 5.99. The molecule has 2 N–H and O–H groups in total. The maximum Gasteiger partial charge on any atom is 0.333 e. The number of aliphatic hydroxyl groups excluding tert-OH is 2. The minimum Gasteiger partial charge on any atom is -0.429 e. The lowest BCUT2D eigenvalue weighted by molar-refractivity contribution is -0.151. The Morgan fingerprint density at radius 1 is 1.47 bits per heavy atom. The number of hydrogen-bond donors (Lipinski definition) is 2.